The monoisotopic (exact) mass is 458 g/mol. The molecule has 0 aromatic heterocycles. The van der Waals surface area contributed by atoms with Crippen LogP contribution in [-0.4, -0.2) is 47.7 Å². The van der Waals surface area contributed by atoms with Crippen LogP contribution in [0.1, 0.15) is 49.0 Å². The van der Waals surface area contributed by atoms with Crippen LogP contribution in [0.3, 0.4) is 0 Å². The first-order valence-corrected chi connectivity index (χ1v) is 11.0. The minimum absolute atomic E-state index is 0.0171. The Kier molecular flexibility index (Phi) is 16.9. The number of thioether (sulfide) groups is 1. The minimum atomic E-state index is -0.565. The molecule has 0 amide bonds. The highest BCUT2D eigenvalue weighted by molar-refractivity contribution is 8.16. The predicted octanol–water partition coefficient (Wildman–Crippen LogP) is 4.56. The SMILES string of the molecule is C=C/C=C\SC(=O)c1ccc(OCC)c(Cl)c1CCC.O=COCCC(O)CCO. The van der Waals surface area contributed by atoms with E-state index in [0.717, 1.165) is 30.2 Å². The van der Waals surface area contributed by atoms with E-state index in [9.17, 15) is 9.59 Å². The molecule has 1 atom stereocenters. The Balaban J connectivity index is 0.000000710. The van der Waals surface area contributed by atoms with Crippen LogP contribution in [0.5, 0.6) is 5.75 Å². The fourth-order valence-electron chi connectivity index (χ4n) is 2.32. The summed E-state index contributed by atoms with van der Waals surface area (Å²) in [5.74, 6) is 0.640. The van der Waals surface area contributed by atoms with E-state index in [2.05, 4.69) is 18.2 Å². The van der Waals surface area contributed by atoms with Crippen molar-refractivity contribution < 1.29 is 29.3 Å². The van der Waals surface area contributed by atoms with Crippen molar-refractivity contribution in [1.29, 1.82) is 0 Å². The molecule has 1 unspecified atom stereocenters. The number of ether oxygens (including phenoxy) is 2. The highest BCUT2D eigenvalue weighted by Crippen LogP contribution is 2.33. The van der Waals surface area contributed by atoms with Crippen molar-refractivity contribution in [3.63, 3.8) is 0 Å². The van der Waals surface area contributed by atoms with Gasteiger partial charge >= 0.3 is 0 Å². The number of benzene rings is 1. The molecule has 8 heteroatoms. The maximum Gasteiger partial charge on any atom is 0.293 e. The predicted molar refractivity (Wildman–Crippen MR) is 122 cm³/mol. The number of carbonyl (C=O) groups excluding carboxylic acids is 2. The number of hydrogen-bond donors (Lipinski definition) is 2. The molecule has 1 rings (SSSR count). The van der Waals surface area contributed by atoms with Crippen molar-refractivity contribution in [3.8, 4) is 5.75 Å². The second-order valence-electron chi connectivity index (χ2n) is 5.98. The Labute approximate surface area is 187 Å². The zero-order valence-electron chi connectivity index (χ0n) is 17.5. The molecule has 168 valence electrons. The number of hydrogen-bond acceptors (Lipinski definition) is 7. The van der Waals surface area contributed by atoms with Crippen molar-refractivity contribution >= 4 is 35.0 Å². The lowest BCUT2D eigenvalue weighted by atomic mass is 10.0. The summed E-state index contributed by atoms with van der Waals surface area (Å²) in [5, 5.41) is 19.5. The molecular weight excluding hydrogens is 428 g/mol. The zero-order chi connectivity index (χ0) is 22.8. The molecule has 0 spiro atoms. The Morgan fingerprint density at radius 1 is 1.33 bits per heavy atom. The lowest BCUT2D eigenvalue weighted by Gasteiger charge is -2.13. The van der Waals surface area contributed by atoms with Gasteiger partial charge in [0, 0.05) is 18.6 Å². The Morgan fingerprint density at radius 2 is 2.07 bits per heavy atom. The minimum Gasteiger partial charge on any atom is -0.492 e. The topological polar surface area (TPSA) is 93.1 Å². The smallest absolute Gasteiger partial charge is 0.293 e. The molecule has 0 saturated heterocycles. The summed E-state index contributed by atoms with van der Waals surface area (Å²) >= 11 is 7.49. The normalized spacial score (nSPS) is 11.4. The standard InChI is InChI=1S/C16H19ClO2S.C6H12O4/c1-4-7-11-20-16(18)13-9-10-14(19-6-3)15(17)12(13)8-5-2;7-3-1-6(9)2-4-10-5-8/h4,7,9-11H,1,5-6,8H2,2-3H3;5-7,9H,1-4H2/b11-7-;. The van der Waals surface area contributed by atoms with Crippen molar-refractivity contribution in [2.75, 3.05) is 19.8 Å². The highest BCUT2D eigenvalue weighted by Gasteiger charge is 2.17. The molecule has 2 N–H and O–H groups in total. The first kappa shape index (κ1) is 28.2. The van der Waals surface area contributed by atoms with Crippen LogP contribution in [0.2, 0.25) is 5.02 Å². The summed E-state index contributed by atoms with van der Waals surface area (Å²) in [4.78, 5) is 21.8. The number of carbonyl (C=O) groups is 2. The van der Waals surface area contributed by atoms with E-state index in [-0.39, 0.29) is 18.3 Å². The van der Waals surface area contributed by atoms with E-state index in [4.69, 9.17) is 26.6 Å². The van der Waals surface area contributed by atoms with E-state index in [1.54, 1.807) is 29.7 Å². The molecule has 1 aromatic carbocycles. The second kappa shape index (κ2) is 18.0. The van der Waals surface area contributed by atoms with E-state index >= 15 is 0 Å². The van der Waals surface area contributed by atoms with Gasteiger partial charge in [0.25, 0.3) is 6.47 Å². The van der Waals surface area contributed by atoms with Crippen molar-refractivity contribution in [3.05, 3.63) is 52.4 Å². The molecule has 0 aliphatic rings. The van der Waals surface area contributed by atoms with Crippen LogP contribution >= 0.6 is 23.4 Å². The molecular formula is C22H31ClO6S. The van der Waals surface area contributed by atoms with Gasteiger partial charge in [0.05, 0.1) is 24.3 Å². The first-order valence-electron chi connectivity index (χ1n) is 9.73. The van der Waals surface area contributed by atoms with Gasteiger partial charge in [-0.1, -0.05) is 55.4 Å². The van der Waals surface area contributed by atoms with Crippen molar-refractivity contribution in [2.24, 2.45) is 0 Å². The lowest BCUT2D eigenvalue weighted by Crippen LogP contribution is -2.11. The van der Waals surface area contributed by atoms with Gasteiger partial charge in [-0.15, -0.1) is 0 Å². The summed E-state index contributed by atoms with van der Waals surface area (Å²) < 4.78 is 9.81. The molecule has 0 saturated carbocycles. The van der Waals surface area contributed by atoms with E-state index in [1.807, 2.05) is 6.92 Å². The van der Waals surface area contributed by atoms with Crippen LogP contribution in [0.4, 0.5) is 0 Å². The molecule has 6 nitrogen and oxygen atoms in total. The van der Waals surface area contributed by atoms with Gasteiger partial charge in [-0.2, -0.15) is 0 Å². The molecule has 0 fully saturated rings. The average molecular weight is 459 g/mol. The summed E-state index contributed by atoms with van der Waals surface area (Å²) in [6.45, 7) is 8.60. The molecule has 0 radical (unpaired) electrons. The van der Waals surface area contributed by atoms with Gasteiger partial charge < -0.3 is 19.7 Å². The van der Waals surface area contributed by atoms with Crippen molar-refractivity contribution in [1.82, 2.24) is 0 Å². The Morgan fingerprint density at radius 3 is 2.63 bits per heavy atom. The number of rotatable bonds is 13. The maximum atomic E-state index is 12.2. The van der Waals surface area contributed by atoms with Gasteiger partial charge in [0.1, 0.15) is 5.75 Å². The number of allylic oxidation sites excluding steroid dienone is 2. The van der Waals surface area contributed by atoms with Gasteiger partial charge in [-0.3, -0.25) is 9.59 Å². The third kappa shape index (κ3) is 11.4. The summed E-state index contributed by atoms with van der Waals surface area (Å²) in [6.07, 6.45) is 5.21. The molecule has 1 aromatic rings. The third-order valence-electron chi connectivity index (χ3n) is 3.72. The van der Waals surface area contributed by atoms with Gasteiger partial charge in [-0.25, -0.2) is 0 Å². The average Bonchev–Trinajstić information content (AvgIpc) is 2.72. The second-order valence-corrected chi connectivity index (χ2v) is 7.23. The Hall–Kier alpha value is -1.80. The van der Waals surface area contributed by atoms with Crippen LogP contribution < -0.4 is 4.74 Å². The van der Waals surface area contributed by atoms with E-state index in [1.165, 1.54) is 0 Å². The van der Waals surface area contributed by atoms with Gasteiger partial charge in [-0.05, 0) is 42.9 Å². The Bertz CT molecular complexity index is 678. The van der Waals surface area contributed by atoms with Crippen molar-refractivity contribution in [2.45, 2.75) is 45.6 Å². The third-order valence-corrected chi connectivity index (χ3v) is 4.86. The summed E-state index contributed by atoms with van der Waals surface area (Å²) in [7, 11) is 0. The molecule has 0 aliphatic carbocycles. The molecule has 30 heavy (non-hydrogen) atoms. The van der Waals surface area contributed by atoms with Crippen LogP contribution in [0.25, 0.3) is 0 Å². The van der Waals surface area contributed by atoms with Crippen LogP contribution in [-0.2, 0) is 16.0 Å². The number of halogens is 1. The fraction of sp³-hybridized carbons (Fsp3) is 0.455. The van der Waals surface area contributed by atoms with Gasteiger partial charge in [0.2, 0.25) is 5.12 Å². The van der Waals surface area contributed by atoms with Gasteiger partial charge in [0.15, 0.2) is 0 Å². The largest absolute Gasteiger partial charge is 0.492 e. The van der Waals surface area contributed by atoms with E-state index < -0.39 is 6.10 Å². The van der Waals surface area contributed by atoms with Crippen LogP contribution in [0, 0.1) is 0 Å². The number of aliphatic hydroxyl groups excluding tert-OH is 2. The zero-order valence-corrected chi connectivity index (χ0v) is 19.1. The fourth-order valence-corrected chi connectivity index (χ4v) is 3.26. The van der Waals surface area contributed by atoms with Crippen LogP contribution in [0.15, 0.2) is 36.3 Å². The maximum absolute atomic E-state index is 12.2. The summed E-state index contributed by atoms with van der Waals surface area (Å²) in [5.41, 5.74) is 1.52. The molecule has 0 heterocycles. The number of aliphatic hydroxyl groups is 2. The summed E-state index contributed by atoms with van der Waals surface area (Å²) in [6, 6.07) is 3.55. The quantitative estimate of drug-likeness (QED) is 0.254. The molecule has 0 aliphatic heterocycles. The highest BCUT2D eigenvalue weighted by atomic mass is 35.5. The lowest BCUT2D eigenvalue weighted by molar-refractivity contribution is -0.129. The molecule has 0 bridgehead atoms. The first-order chi connectivity index (χ1) is 14.5. The van der Waals surface area contributed by atoms with E-state index in [0.29, 0.717) is 42.3 Å².